The quantitative estimate of drug-likeness (QED) is 0.00396. The van der Waals surface area contributed by atoms with E-state index in [2.05, 4.69) is 102 Å². The topological polar surface area (TPSA) is 367 Å². The number of carbonyl (C=O) groups is 5. The van der Waals surface area contributed by atoms with Crippen molar-refractivity contribution >= 4 is 189 Å². The summed E-state index contributed by atoms with van der Waals surface area (Å²) in [6, 6.07) is 0. The smallest absolute Gasteiger partial charge is 0.313 e. The fraction of sp³-hybridized carbons (Fsp3) is 0.894. The van der Waals surface area contributed by atoms with Crippen molar-refractivity contribution < 1.29 is 476 Å². The van der Waals surface area contributed by atoms with Gasteiger partial charge in [-0.15, -0.1) is 0 Å². The fourth-order valence-corrected chi connectivity index (χ4v) is 6.00. The molecular weight excluding hydrogens is 2750 g/mol. The molecule has 0 heterocycles. The van der Waals surface area contributed by atoms with Crippen molar-refractivity contribution in [1.82, 2.24) is 0 Å². The zero-order valence-corrected chi connectivity index (χ0v) is 85.5. The van der Waals surface area contributed by atoms with E-state index < -0.39 is 29.8 Å². The van der Waals surface area contributed by atoms with Gasteiger partial charge in [-0.1, -0.05) is 22.6 Å². The summed E-state index contributed by atoms with van der Waals surface area (Å²) >= 11 is 31.9. The maximum atomic E-state index is 9.98. The molecule has 0 aliphatic rings. The van der Waals surface area contributed by atoms with Crippen LogP contribution in [0.5, 0.6) is 0 Å². The molecule has 0 aromatic rings. The molecule has 0 aromatic carbocycles. The molecule has 3 radical (unpaired) electrons. The van der Waals surface area contributed by atoms with E-state index in [4.69, 9.17) is 88.7 Å². The fourth-order valence-electron chi connectivity index (χ4n) is 2.92. The van der Waals surface area contributed by atoms with Gasteiger partial charge >= 0.3 is 29.8 Å². The SMILES string of the molecule is CCOCOCC.COCCCS.COCCCS.COCCCS.COCCCS.COCCCSCC(=O)O.COCCCSCC(=O)O.COCCCSCC(=O)O.COCCCSCC(=O)O.O=C(O)CI.OOS.OOS.OOS.[Er].[Er].[Er].[Y].[Y].[Y].[Yb].[Yb].[Yb]. The second-order valence-electron chi connectivity index (χ2n) is 13.3. The van der Waals surface area contributed by atoms with E-state index >= 15 is 0 Å². The number of rotatable bonds is 41. The Hall–Kier alpha value is 12.9. The number of ether oxygens (including phenoxy) is 10. The molecule has 0 aliphatic carbocycles. The predicted molar refractivity (Wildman–Crippen MR) is 380 cm³/mol. The number of methoxy groups -OCH3 is 8. The average molecular weight is 2860 g/mol. The molecule has 0 unspecified atom stereocenters. The Kier molecular flexibility index (Phi) is 349. The van der Waals surface area contributed by atoms with Crippen LogP contribution in [-0.4, -0.2) is 274 Å². The number of alkyl halides is 1. The van der Waals surface area contributed by atoms with Gasteiger partial charge in [0, 0.05) is 512 Å². The summed E-state index contributed by atoms with van der Waals surface area (Å²) in [6.07, 6.45) is 7.92. The summed E-state index contributed by atoms with van der Waals surface area (Å²) in [7, 11) is 13.4. The molecule has 0 saturated heterocycles. The normalized spacial score (nSPS) is 8.10. The monoisotopic (exact) mass is 2850 g/mol. The van der Waals surface area contributed by atoms with Gasteiger partial charge in [0.25, 0.3) is 0 Å². The van der Waals surface area contributed by atoms with Gasteiger partial charge in [-0.3, -0.25) is 24.0 Å². The number of carboxylic acid groups (broad SMARTS) is 5. The molecule has 94 heavy (non-hydrogen) atoms. The summed E-state index contributed by atoms with van der Waals surface area (Å²) in [4.78, 5) is 49.3. The maximum absolute atomic E-state index is 9.98. The summed E-state index contributed by atoms with van der Waals surface area (Å²) in [6.45, 7) is 12.0. The first kappa shape index (κ1) is 166. The average Bonchev–Trinajstić information content (AvgIpc) is 3.46. The maximum Gasteiger partial charge on any atom is 0.313 e. The van der Waals surface area contributed by atoms with Crippen LogP contribution in [0.4, 0.5) is 0 Å². The Morgan fingerprint density at radius 3 is 0.574 bits per heavy atom. The Balaban J connectivity index is -0.0000000301. The van der Waals surface area contributed by atoms with Crippen molar-refractivity contribution in [2.45, 2.75) is 65.2 Å². The zero-order chi connectivity index (χ0) is 68.5. The number of carboxylic acids is 5. The third-order valence-corrected chi connectivity index (χ3v) is 12.2. The molecule has 8 N–H and O–H groups in total. The molecule has 47 heteroatoms. The largest absolute Gasteiger partial charge is 0.481 e. The first-order valence-corrected chi connectivity index (χ1v) is 34.8. The molecule has 0 aliphatic heterocycles. The van der Waals surface area contributed by atoms with Crippen LogP contribution in [0.15, 0.2) is 0 Å². The van der Waals surface area contributed by atoms with Crippen LogP contribution >= 0.6 is 159 Å². The van der Waals surface area contributed by atoms with Gasteiger partial charge in [-0.2, -0.15) is 111 Å². The van der Waals surface area contributed by atoms with Crippen molar-refractivity contribution in [1.29, 1.82) is 0 Å². The molecule has 0 bridgehead atoms. The first-order valence-electron chi connectivity index (χ1n) is 25.0. The minimum absolute atomic E-state index is 0. The Labute approximate surface area is 913 Å². The second-order valence-corrected chi connectivity index (χ2v) is 20.8. The van der Waals surface area contributed by atoms with E-state index in [1.54, 1.807) is 79.5 Å². The van der Waals surface area contributed by atoms with E-state index in [0.29, 0.717) is 33.2 Å². The van der Waals surface area contributed by atoms with Crippen molar-refractivity contribution in [3.05, 3.63) is 0 Å². The third-order valence-electron chi connectivity index (χ3n) is 6.17. The number of hydrogen-bond acceptors (Lipinski definition) is 32. The molecule has 0 rings (SSSR count). The van der Waals surface area contributed by atoms with E-state index in [1.807, 2.05) is 13.8 Å². The van der Waals surface area contributed by atoms with Crippen LogP contribution in [-0.2, 0) is 182 Å². The molecule has 0 spiro atoms. The van der Waals surface area contributed by atoms with E-state index in [-0.39, 0.29) is 378 Å². The van der Waals surface area contributed by atoms with Gasteiger partial charge in [0.15, 0.2) is 0 Å². The van der Waals surface area contributed by atoms with E-state index in [9.17, 15) is 24.0 Å². The van der Waals surface area contributed by atoms with Gasteiger partial charge in [0.1, 0.15) is 6.79 Å². The van der Waals surface area contributed by atoms with Crippen LogP contribution in [0.1, 0.15) is 65.2 Å². The third kappa shape index (κ3) is 326. The van der Waals surface area contributed by atoms with Crippen molar-refractivity contribution in [3.63, 3.8) is 0 Å². The van der Waals surface area contributed by atoms with Crippen molar-refractivity contribution in [2.24, 2.45) is 0 Å². The van der Waals surface area contributed by atoms with Gasteiger partial charge in [0.05, 0.1) is 27.4 Å². The number of thiol groups is 7. The van der Waals surface area contributed by atoms with Gasteiger partial charge in [0.2, 0.25) is 0 Å². The van der Waals surface area contributed by atoms with Crippen molar-refractivity contribution in [2.75, 3.05) is 203 Å². The molecule has 613 valence electrons. The molecular formula is C47H109Er3IO26S11Y3Yb3. The van der Waals surface area contributed by atoms with Crippen molar-refractivity contribution in [3.8, 4) is 0 Å². The minimum atomic E-state index is -0.759. The number of hydrogen-bond donors (Lipinski definition) is 15. The minimum Gasteiger partial charge on any atom is -0.481 e. The van der Waals surface area contributed by atoms with Crippen LogP contribution in [0.2, 0.25) is 0 Å². The molecule has 0 aromatic heterocycles. The molecule has 0 atom stereocenters. The predicted octanol–water partition coefficient (Wildman–Crippen LogP) is 9.65. The Morgan fingerprint density at radius 2 is 0.489 bits per heavy atom. The van der Waals surface area contributed by atoms with Crippen LogP contribution in [0.25, 0.3) is 0 Å². The number of halogens is 1. The van der Waals surface area contributed by atoms with E-state index in [1.165, 1.54) is 47.0 Å². The molecule has 0 saturated carbocycles. The number of aliphatic carboxylic acids is 5. The molecule has 0 fully saturated rings. The number of thioether (sulfide) groups is 4. The van der Waals surface area contributed by atoms with Gasteiger partial charge in [-0.05, 0) is 111 Å². The van der Waals surface area contributed by atoms with Gasteiger partial charge < -0.3 is 72.9 Å². The van der Waals surface area contributed by atoms with Crippen LogP contribution in [0.3, 0.4) is 0 Å². The summed E-state index contributed by atoms with van der Waals surface area (Å²) in [5.74, 6) is 4.19. The van der Waals surface area contributed by atoms with Gasteiger partial charge in [-0.25, -0.2) is 15.8 Å². The van der Waals surface area contributed by atoms with E-state index in [0.717, 1.165) is 137 Å². The summed E-state index contributed by atoms with van der Waals surface area (Å²) in [5, 5.41) is 61.4. The summed E-state index contributed by atoms with van der Waals surface area (Å²) in [5.41, 5.74) is 0. The molecule has 0 amide bonds. The first-order chi connectivity index (χ1) is 40.7. The van der Waals surface area contributed by atoms with Crippen LogP contribution in [0, 0.1) is 253 Å². The zero-order valence-electron chi connectivity index (χ0n) is 54.6. The standard InChI is InChI=1S/4C6H12O3S.C5H12O2.4C4H10OS.C2H3IO2.3Er.3H2O2S.3Y.3Yb/c4*1-9-3-2-4-10-5-6(7)8;1-3-6-5-7-4-2;4*1-5-3-2-4-6;3-1-2(4)5;;;;3*1-2-3;;;;;;/h4*2-5H2,1H3,(H,7,8);3-5H2,1-2H3;4*6H,2-4H2,1H3;1H2,(H,4,5);;;;3*1,3H;;;;;;. The summed E-state index contributed by atoms with van der Waals surface area (Å²) < 4.78 is 56.8. The van der Waals surface area contributed by atoms with Crippen LogP contribution < -0.4 is 0 Å². The molecule has 26 nitrogen and oxygen atoms in total. The Morgan fingerprint density at radius 1 is 0.351 bits per heavy atom. The Bertz CT molecular complexity index is 1000. The second kappa shape index (κ2) is 197.